The van der Waals surface area contributed by atoms with Crippen molar-refractivity contribution >= 4 is 29.3 Å². The van der Waals surface area contributed by atoms with Gasteiger partial charge in [0, 0.05) is 23.6 Å². The lowest BCUT2D eigenvalue weighted by Crippen LogP contribution is -2.27. The zero-order valence-electron chi connectivity index (χ0n) is 12.3. The van der Waals surface area contributed by atoms with Crippen molar-refractivity contribution in [1.82, 2.24) is 10.6 Å². The van der Waals surface area contributed by atoms with Crippen LogP contribution in [0.25, 0.3) is 11.0 Å². The number of hydrogen-bond acceptors (Lipinski definition) is 4. The number of carbonyl (C=O) groups is 1. The second-order valence-electron chi connectivity index (χ2n) is 4.61. The highest BCUT2D eigenvalue weighted by Crippen LogP contribution is 2.25. The van der Waals surface area contributed by atoms with Crippen LogP contribution in [0.1, 0.15) is 12.0 Å². The molecule has 2 aromatic rings. The maximum Gasteiger partial charge on any atom is 0.224 e. The molecule has 6 heteroatoms. The second-order valence-corrected chi connectivity index (χ2v) is 4.61. The molecule has 2 N–H and O–H groups in total. The number of halogens is 1. The largest absolute Gasteiger partial charge is 0.497 e. The monoisotopic (exact) mass is 312 g/mol. The van der Waals surface area contributed by atoms with Crippen molar-refractivity contribution in [2.75, 3.05) is 27.2 Å². The minimum Gasteiger partial charge on any atom is -0.497 e. The van der Waals surface area contributed by atoms with Crippen LogP contribution in [0.15, 0.2) is 28.9 Å². The highest BCUT2D eigenvalue weighted by atomic mass is 35.5. The fourth-order valence-corrected chi connectivity index (χ4v) is 2.06. The van der Waals surface area contributed by atoms with Crippen LogP contribution in [0.5, 0.6) is 5.75 Å². The van der Waals surface area contributed by atoms with Crippen molar-refractivity contribution in [3.63, 3.8) is 0 Å². The lowest BCUT2D eigenvalue weighted by molar-refractivity contribution is -0.120. The fourth-order valence-electron chi connectivity index (χ4n) is 2.06. The molecule has 0 spiro atoms. The first-order valence-electron chi connectivity index (χ1n) is 6.70. The number of furan rings is 1. The van der Waals surface area contributed by atoms with Crippen LogP contribution in [0.4, 0.5) is 0 Å². The summed E-state index contributed by atoms with van der Waals surface area (Å²) >= 11 is 0. The third-order valence-electron chi connectivity index (χ3n) is 3.14. The topological polar surface area (TPSA) is 63.5 Å². The molecule has 0 saturated carbocycles. The van der Waals surface area contributed by atoms with E-state index in [1.165, 1.54) is 0 Å². The normalized spacial score (nSPS) is 10.2. The van der Waals surface area contributed by atoms with Gasteiger partial charge in [-0.25, -0.2) is 0 Å². The Morgan fingerprint density at radius 2 is 2.14 bits per heavy atom. The molecule has 1 aromatic carbocycles. The number of ether oxygens (including phenoxy) is 1. The summed E-state index contributed by atoms with van der Waals surface area (Å²) in [5, 5.41) is 6.90. The van der Waals surface area contributed by atoms with Gasteiger partial charge < -0.3 is 19.8 Å². The summed E-state index contributed by atoms with van der Waals surface area (Å²) in [5.41, 5.74) is 1.64. The van der Waals surface area contributed by atoms with Gasteiger partial charge in [0.15, 0.2) is 0 Å². The molecule has 0 radical (unpaired) electrons. The maximum absolute atomic E-state index is 11.8. The number of fused-ring (bicyclic) bond motifs is 1. The van der Waals surface area contributed by atoms with E-state index < -0.39 is 0 Å². The SMILES string of the molecule is CNCCCNC(=O)Cc1coc2cc(OC)ccc12.Cl. The van der Waals surface area contributed by atoms with E-state index in [0.717, 1.165) is 35.2 Å². The Bertz CT molecular complexity index is 583. The molecule has 2 rings (SSSR count). The zero-order valence-corrected chi connectivity index (χ0v) is 13.1. The molecule has 1 heterocycles. The Labute approximate surface area is 130 Å². The molecule has 0 aliphatic heterocycles. The fraction of sp³-hybridized carbons (Fsp3) is 0.400. The van der Waals surface area contributed by atoms with Crippen molar-refractivity contribution in [3.05, 3.63) is 30.0 Å². The number of hydrogen-bond donors (Lipinski definition) is 2. The second kappa shape index (κ2) is 8.54. The van der Waals surface area contributed by atoms with Gasteiger partial charge in [0.05, 0.1) is 19.8 Å². The summed E-state index contributed by atoms with van der Waals surface area (Å²) in [6.07, 6.45) is 2.89. The van der Waals surface area contributed by atoms with Crippen LogP contribution in [0.3, 0.4) is 0 Å². The van der Waals surface area contributed by atoms with Crippen LogP contribution in [0, 0.1) is 0 Å². The third-order valence-corrected chi connectivity index (χ3v) is 3.14. The standard InChI is InChI=1S/C15H20N2O3.ClH/c1-16-6-3-7-17-15(18)8-11-10-20-14-9-12(19-2)4-5-13(11)14;/h4-5,9-10,16H,3,6-8H2,1-2H3,(H,17,18);1H. The first-order chi connectivity index (χ1) is 9.74. The summed E-state index contributed by atoms with van der Waals surface area (Å²) in [7, 11) is 3.51. The predicted molar refractivity (Wildman–Crippen MR) is 85.3 cm³/mol. The van der Waals surface area contributed by atoms with E-state index in [4.69, 9.17) is 9.15 Å². The van der Waals surface area contributed by atoms with Crippen molar-refractivity contribution < 1.29 is 13.9 Å². The van der Waals surface area contributed by atoms with Gasteiger partial charge in [0.2, 0.25) is 5.91 Å². The number of benzene rings is 1. The summed E-state index contributed by atoms with van der Waals surface area (Å²) in [6.45, 7) is 1.58. The molecular weight excluding hydrogens is 292 g/mol. The number of nitrogens with one attached hydrogen (secondary N) is 2. The van der Waals surface area contributed by atoms with E-state index in [9.17, 15) is 4.79 Å². The molecule has 0 saturated heterocycles. The van der Waals surface area contributed by atoms with Crippen molar-refractivity contribution in [2.45, 2.75) is 12.8 Å². The van der Waals surface area contributed by atoms with E-state index in [2.05, 4.69) is 10.6 Å². The van der Waals surface area contributed by atoms with Crippen molar-refractivity contribution in [1.29, 1.82) is 0 Å². The smallest absolute Gasteiger partial charge is 0.224 e. The molecule has 1 amide bonds. The quantitative estimate of drug-likeness (QED) is 0.769. The lowest BCUT2D eigenvalue weighted by atomic mass is 10.1. The minimum atomic E-state index is 0. The summed E-state index contributed by atoms with van der Waals surface area (Å²) < 4.78 is 10.6. The molecule has 116 valence electrons. The van der Waals surface area contributed by atoms with E-state index >= 15 is 0 Å². The van der Waals surface area contributed by atoms with E-state index in [-0.39, 0.29) is 18.3 Å². The molecule has 0 atom stereocenters. The number of rotatable bonds is 7. The van der Waals surface area contributed by atoms with Gasteiger partial charge in [-0.3, -0.25) is 4.79 Å². The Hall–Kier alpha value is -1.72. The first-order valence-corrected chi connectivity index (χ1v) is 6.70. The number of carbonyl (C=O) groups excluding carboxylic acids is 1. The van der Waals surface area contributed by atoms with E-state index in [1.54, 1.807) is 13.4 Å². The van der Waals surface area contributed by atoms with Gasteiger partial charge in [-0.05, 0) is 32.1 Å². The number of amides is 1. The van der Waals surface area contributed by atoms with Crippen molar-refractivity contribution in [3.8, 4) is 5.75 Å². The van der Waals surface area contributed by atoms with Crippen LogP contribution >= 0.6 is 12.4 Å². The summed E-state index contributed by atoms with van der Waals surface area (Å²) in [5.74, 6) is 0.759. The summed E-state index contributed by atoms with van der Waals surface area (Å²) in [4.78, 5) is 11.8. The van der Waals surface area contributed by atoms with Gasteiger partial charge >= 0.3 is 0 Å². The predicted octanol–water partition coefficient (Wildman–Crippen LogP) is 2.13. The van der Waals surface area contributed by atoms with Crippen LogP contribution in [0.2, 0.25) is 0 Å². The molecule has 0 aliphatic carbocycles. The highest BCUT2D eigenvalue weighted by molar-refractivity contribution is 5.88. The minimum absolute atomic E-state index is 0. The average Bonchev–Trinajstić information content (AvgIpc) is 2.86. The average molecular weight is 313 g/mol. The van der Waals surface area contributed by atoms with E-state index in [1.807, 2.05) is 25.2 Å². The van der Waals surface area contributed by atoms with Crippen LogP contribution in [-0.4, -0.2) is 33.2 Å². The molecule has 21 heavy (non-hydrogen) atoms. The Morgan fingerprint density at radius 3 is 2.86 bits per heavy atom. The molecule has 0 unspecified atom stereocenters. The van der Waals surface area contributed by atoms with Gasteiger partial charge in [-0.2, -0.15) is 0 Å². The van der Waals surface area contributed by atoms with Gasteiger partial charge in [0.1, 0.15) is 11.3 Å². The van der Waals surface area contributed by atoms with E-state index in [0.29, 0.717) is 13.0 Å². The Kier molecular flexibility index (Phi) is 7.05. The lowest BCUT2D eigenvalue weighted by Gasteiger charge is -2.04. The van der Waals surface area contributed by atoms with Crippen LogP contribution in [-0.2, 0) is 11.2 Å². The van der Waals surface area contributed by atoms with Crippen molar-refractivity contribution in [2.24, 2.45) is 0 Å². The molecule has 5 nitrogen and oxygen atoms in total. The van der Waals surface area contributed by atoms with Gasteiger partial charge in [-0.15, -0.1) is 12.4 Å². The van der Waals surface area contributed by atoms with Crippen LogP contribution < -0.4 is 15.4 Å². The number of methoxy groups -OCH3 is 1. The van der Waals surface area contributed by atoms with Gasteiger partial charge in [0.25, 0.3) is 0 Å². The zero-order chi connectivity index (χ0) is 14.4. The molecule has 0 fully saturated rings. The maximum atomic E-state index is 11.8. The molecular formula is C15H21ClN2O3. The van der Waals surface area contributed by atoms with Gasteiger partial charge in [-0.1, -0.05) is 0 Å². The third kappa shape index (κ3) is 4.65. The Morgan fingerprint density at radius 1 is 1.33 bits per heavy atom. The summed E-state index contributed by atoms with van der Waals surface area (Å²) in [6, 6.07) is 5.61. The molecule has 0 bridgehead atoms. The first kappa shape index (κ1) is 17.3. The molecule has 1 aromatic heterocycles. The highest BCUT2D eigenvalue weighted by Gasteiger charge is 2.10. The molecule has 0 aliphatic rings. The Balaban J connectivity index is 0.00000220.